The number of nitrogens with one attached hydrogen (secondary N) is 1. The van der Waals surface area contributed by atoms with Gasteiger partial charge in [-0.3, -0.25) is 9.59 Å². The highest BCUT2D eigenvalue weighted by Gasteiger charge is 2.09. The van der Waals surface area contributed by atoms with Crippen LogP contribution in [0.15, 0.2) is 41.3 Å². The molecular weight excluding hydrogens is 323 g/mol. The van der Waals surface area contributed by atoms with Crippen LogP contribution in [-0.2, 0) is 6.54 Å². The summed E-state index contributed by atoms with van der Waals surface area (Å²) >= 11 is 11.9. The van der Waals surface area contributed by atoms with Crippen LogP contribution in [-0.4, -0.2) is 10.5 Å². The van der Waals surface area contributed by atoms with Crippen molar-refractivity contribution in [3.8, 4) is 0 Å². The molecule has 1 aromatic heterocycles. The summed E-state index contributed by atoms with van der Waals surface area (Å²) in [5.74, 6) is -0.320. The summed E-state index contributed by atoms with van der Waals surface area (Å²) in [6, 6.07) is 8.09. The SMILES string of the molecule is CC(C)n1ccc(C(=O)NCc2ccc(Cl)cc2Cl)cc1=O. The molecule has 1 N–H and O–H groups in total. The first-order chi connectivity index (χ1) is 10.4. The molecule has 0 aliphatic carbocycles. The molecule has 1 aromatic carbocycles. The number of hydrogen-bond acceptors (Lipinski definition) is 2. The van der Waals surface area contributed by atoms with E-state index in [-0.39, 0.29) is 24.1 Å². The first kappa shape index (κ1) is 16.6. The molecule has 4 nitrogen and oxygen atoms in total. The van der Waals surface area contributed by atoms with Gasteiger partial charge in [-0.05, 0) is 37.6 Å². The van der Waals surface area contributed by atoms with Gasteiger partial charge in [0.2, 0.25) is 0 Å². The monoisotopic (exact) mass is 338 g/mol. The summed E-state index contributed by atoms with van der Waals surface area (Å²) in [6.45, 7) is 4.08. The maximum Gasteiger partial charge on any atom is 0.251 e. The number of halogens is 2. The van der Waals surface area contributed by atoms with Crippen LogP contribution in [0.1, 0.15) is 35.8 Å². The van der Waals surface area contributed by atoms with Crippen molar-refractivity contribution in [3.05, 3.63) is 68.1 Å². The summed E-state index contributed by atoms with van der Waals surface area (Å²) in [7, 11) is 0. The van der Waals surface area contributed by atoms with E-state index in [1.54, 1.807) is 35.0 Å². The number of carbonyl (C=O) groups excluding carboxylic acids is 1. The molecule has 0 bridgehead atoms. The molecule has 1 heterocycles. The number of carbonyl (C=O) groups is 1. The molecular formula is C16H16Cl2N2O2. The third-order valence-electron chi connectivity index (χ3n) is 3.22. The van der Waals surface area contributed by atoms with E-state index in [0.717, 1.165) is 5.56 Å². The zero-order chi connectivity index (χ0) is 16.3. The van der Waals surface area contributed by atoms with Crippen molar-refractivity contribution in [2.75, 3.05) is 0 Å². The summed E-state index contributed by atoms with van der Waals surface area (Å²) in [4.78, 5) is 24.0. The van der Waals surface area contributed by atoms with E-state index in [1.165, 1.54) is 6.07 Å². The molecule has 0 saturated heterocycles. The largest absolute Gasteiger partial charge is 0.348 e. The maximum atomic E-state index is 12.1. The van der Waals surface area contributed by atoms with Crippen LogP contribution in [0.25, 0.3) is 0 Å². The summed E-state index contributed by atoms with van der Waals surface area (Å²) in [5, 5.41) is 3.76. The lowest BCUT2D eigenvalue weighted by Crippen LogP contribution is -2.27. The van der Waals surface area contributed by atoms with Gasteiger partial charge in [-0.15, -0.1) is 0 Å². The van der Waals surface area contributed by atoms with Gasteiger partial charge in [0.25, 0.3) is 11.5 Å². The van der Waals surface area contributed by atoms with Crippen molar-refractivity contribution in [2.45, 2.75) is 26.4 Å². The lowest BCUT2D eigenvalue weighted by atomic mass is 10.2. The first-order valence-electron chi connectivity index (χ1n) is 6.83. The fourth-order valence-electron chi connectivity index (χ4n) is 2.00. The topological polar surface area (TPSA) is 51.1 Å². The van der Waals surface area contributed by atoms with Crippen molar-refractivity contribution < 1.29 is 4.79 Å². The standard InChI is InChI=1S/C16H16Cl2N2O2/c1-10(2)20-6-5-11(7-15(20)21)16(22)19-9-12-3-4-13(17)8-14(12)18/h3-8,10H,9H2,1-2H3,(H,19,22). The van der Waals surface area contributed by atoms with Gasteiger partial charge in [0.1, 0.15) is 0 Å². The van der Waals surface area contributed by atoms with Gasteiger partial charge in [-0.25, -0.2) is 0 Å². The Morgan fingerprint density at radius 2 is 1.95 bits per heavy atom. The predicted octanol–water partition coefficient (Wildman–Crippen LogP) is 3.67. The molecule has 0 atom stereocenters. The summed E-state index contributed by atoms with van der Waals surface area (Å²) in [6.07, 6.45) is 1.62. The first-order valence-corrected chi connectivity index (χ1v) is 7.58. The minimum Gasteiger partial charge on any atom is -0.348 e. The molecule has 0 aliphatic heterocycles. The molecule has 6 heteroatoms. The predicted molar refractivity (Wildman–Crippen MR) is 88.7 cm³/mol. The third-order valence-corrected chi connectivity index (χ3v) is 3.81. The molecule has 0 aliphatic rings. The Kier molecular flexibility index (Phi) is 5.27. The smallest absolute Gasteiger partial charge is 0.251 e. The molecule has 0 saturated carbocycles. The van der Waals surface area contributed by atoms with E-state index < -0.39 is 0 Å². The number of nitrogens with zero attached hydrogens (tertiary/aromatic N) is 1. The third kappa shape index (κ3) is 3.90. The van der Waals surface area contributed by atoms with E-state index in [1.807, 2.05) is 13.8 Å². The van der Waals surface area contributed by atoms with E-state index in [0.29, 0.717) is 15.6 Å². The van der Waals surface area contributed by atoms with Crippen LogP contribution in [0.5, 0.6) is 0 Å². The van der Waals surface area contributed by atoms with Crippen molar-refractivity contribution in [1.82, 2.24) is 9.88 Å². The minimum absolute atomic E-state index is 0.0532. The second kappa shape index (κ2) is 6.99. The molecule has 116 valence electrons. The van der Waals surface area contributed by atoms with Crippen molar-refractivity contribution in [3.63, 3.8) is 0 Å². The second-order valence-corrected chi connectivity index (χ2v) is 6.02. The summed E-state index contributed by atoms with van der Waals surface area (Å²) < 4.78 is 1.56. The summed E-state index contributed by atoms with van der Waals surface area (Å²) in [5.41, 5.74) is 0.883. The molecule has 0 spiro atoms. The Labute approximate surface area is 138 Å². The quantitative estimate of drug-likeness (QED) is 0.924. The lowest BCUT2D eigenvalue weighted by Gasteiger charge is -2.11. The molecule has 2 rings (SSSR count). The van der Waals surface area contributed by atoms with Crippen LogP contribution in [0.3, 0.4) is 0 Å². The molecule has 22 heavy (non-hydrogen) atoms. The van der Waals surface area contributed by atoms with Crippen LogP contribution < -0.4 is 10.9 Å². The molecule has 0 fully saturated rings. The Morgan fingerprint density at radius 3 is 2.55 bits per heavy atom. The number of pyridine rings is 1. The Bertz CT molecular complexity index is 754. The normalized spacial score (nSPS) is 10.8. The van der Waals surface area contributed by atoms with Gasteiger partial charge < -0.3 is 9.88 Å². The van der Waals surface area contributed by atoms with Gasteiger partial charge in [0, 0.05) is 40.5 Å². The van der Waals surface area contributed by atoms with Gasteiger partial charge in [-0.1, -0.05) is 29.3 Å². The zero-order valence-electron chi connectivity index (χ0n) is 12.3. The zero-order valence-corrected chi connectivity index (χ0v) is 13.8. The van der Waals surface area contributed by atoms with Crippen LogP contribution in [0, 0.1) is 0 Å². The highest BCUT2D eigenvalue weighted by Crippen LogP contribution is 2.20. The Hall–Kier alpha value is -1.78. The molecule has 1 amide bonds. The Balaban J connectivity index is 2.09. The lowest BCUT2D eigenvalue weighted by molar-refractivity contribution is 0.0950. The highest BCUT2D eigenvalue weighted by atomic mass is 35.5. The van der Waals surface area contributed by atoms with Crippen LogP contribution >= 0.6 is 23.2 Å². The maximum absolute atomic E-state index is 12.1. The number of rotatable bonds is 4. The van der Waals surface area contributed by atoms with E-state index in [4.69, 9.17) is 23.2 Å². The molecule has 0 radical (unpaired) electrons. The minimum atomic E-state index is -0.320. The molecule has 0 unspecified atom stereocenters. The second-order valence-electron chi connectivity index (χ2n) is 5.17. The van der Waals surface area contributed by atoms with E-state index in [9.17, 15) is 9.59 Å². The molecule has 2 aromatic rings. The number of benzene rings is 1. The average Bonchev–Trinajstić information content (AvgIpc) is 2.45. The van der Waals surface area contributed by atoms with Crippen molar-refractivity contribution in [1.29, 1.82) is 0 Å². The van der Waals surface area contributed by atoms with Gasteiger partial charge >= 0.3 is 0 Å². The van der Waals surface area contributed by atoms with E-state index in [2.05, 4.69) is 5.32 Å². The fourth-order valence-corrected chi connectivity index (χ4v) is 2.48. The fraction of sp³-hybridized carbons (Fsp3) is 0.250. The van der Waals surface area contributed by atoms with E-state index >= 15 is 0 Å². The average molecular weight is 339 g/mol. The van der Waals surface area contributed by atoms with Crippen molar-refractivity contribution >= 4 is 29.1 Å². The van der Waals surface area contributed by atoms with Gasteiger partial charge in [-0.2, -0.15) is 0 Å². The number of hydrogen-bond donors (Lipinski definition) is 1. The Morgan fingerprint density at radius 1 is 1.23 bits per heavy atom. The van der Waals surface area contributed by atoms with Crippen LogP contribution in [0.4, 0.5) is 0 Å². The highest BCUT2D eigenvalue weighted by molar-refractivity contribution is 6.35. The van der Waals surface area contributed by atoms with Crippen LogP contribution in [0.2, 0.25) is 10.0 Å². The van der Waals surface area contributed by atoms with Gasteiger partial charge in [0.15, 0.2) is 0 Å². The number of aromatic nitrogens is 1. The van der Waals surface area contributed by atoms with Gasteiger partial charge in [0.05, 0.1) is 0 Å². The number of amides is 1. The van der Waals surface area contributed by atoms with Crippen molar-refractivity contribution in [2.24, 2.45) is 0 Å².